The highest BCUT2D eigenvalue weighted by Gasteiger charge is 2.48. The number of aromatic hydroxyl groups is 1. The molecule has 2 fully saturated rings. The molecule has 208 valence electrons. The van der Waals surface area contributed by atoms with Crippen LogP contribution in [0.5, 0.6) is 5.75 Å². The lowest BCUT2D eigenvalue weighted by molar-refractivity contribution is 0.135. The first-order chi connectivity index (χ1) is 18.1. The van der Waals surface area contributed by atoms with Gasteiger partial charge >= 0.3 is 0 Å². The second-order valence-corrected chi connectivity index (χ2v) is 12.8. The van der Waals surface area contributed by atoms with Gasteiger partial charge in [0.15, 0.2) is 0 Å². The maximum atomic E-state index is 15.9. The first-order valence-electron chi connectivity index (χ1n) is 13.5. The van der Waals surface area contributed by atoms with Crippen molar-refractivity contribution in [1.82, 2.24) is 30.4 Å². The number of hydrogen-bond acceptors (Lipinski definition) is 7. The van der Waals surface area contributed by atoms with Gasteiger partial charge < -0.3 is 10.1 Å². The van der Waals surface area contributed by atoms with Crippen molar-refractivity contribution in [2.45, 2.75) is 69.7 Å². The summed E-state index contributed by atoms with van der Waals surface area (Å²) in [4.78, 5) is 10.4. The second kappa shape index (κ2) is 11.1. The second-order valence-electron chi connectivity index (χ2n) is 11.0. The molecule has 2 aliphatic heterocycles. The monoisotopic (exact) mass is 546 g/mol. The van der Waals surface area contributed by atoms with Crippen molar-refractivity contribution in [2.75, 3.05) is 25.9 Å². The average molecular weight is 547 g/mol. The Morgan fingerprint density at radius 2 is 2.08 bits per heavy atom. The number of hydrazine groups is 1. The number of aryl methyl sites for hydroxylation is 1. The lowest BCUT2D eigenvalue weighted by Gasteiger charge is -2.36. The van der Waals surface area contributed by atoms with Gasteiger partial charge in [0.05, 0.1) is 30.2 Å². The molecule has 1 aliphatic carbocycles. The summed E-state index contributed by atoms with van der Waals surface area (Å²) in [5.41, 5.74) is 10.6. The van der Waals surface area contributed by atoms with Crippen LogP contribution in [0.25, 0.3) is 5.57 Å². The minimum atomic E-state index is -3.21. The molecule has 1 saturated carbocycles. The zero-order chi connectivity index (χ0) is 27.0. The van der Waals surface area contributed by atoms with Crippen LogP contribution in [0.1, 0.15) is 67.7 Å². The molecule has 0 spiro atoms. The van der Waals surface area contributed by atoms with E-state index in [2.05, 4.69) is 43.4 Å². The number of nitrogens with zero attached hydrogens (tertiary/aromatic N) is 2. The van der Waals surface area contributed by atoms with Crippen LogP contribution in [0.2, 0.25) is 0 Å². The number of imidazole rings is 1. The Labute approximate surface area is 224 Å². The number of aromatic nitrogens is 2. The largest absolute Gasteiger partial charge is 0.508 e. The number of alkyl halides is 1. The fraction of sp³-hybridized carbons (Fsp3) is 0.593. The Morgan fingerprint density at radius 3 is 2.84 bits per heavy atom. The number of halogens is 1. The number of phenolic OH excluding ortho intramolecular Hbond substituents is 1. The van der Waals surface area contributed by atoms with E-state index in [0.29, 0.717) is 25.7 Å². The summed E-state index contributed by atoms with van der Waals surface area (Å²) < 4.78 is 41.3. The number of fused-ring (bicyclic) bond motifs is 1. The molecule has 11 heteroatoms. The summed E-state index contributed by atoms with van der Waals surface area (Å²) in [5, 5.41) is 9.88. The number of benzene rings is 1. The predicted octanol–water partition coefficient (Wildman–Crippen LogP) is 2.75. The number of sulfonamides is 1. The number of hydrogen-bond donors (Lipinski definition) is 5. The van der Waals surface area contributed by atoms with E-state index in [9.17, 15) is 13.5 Å². The van der Waals surface area contributed by atoms with Crippen LogP contribution < -0.4 is 15.6 Å². The smallest absolute Gasteiger partial charge is 0.208 e. The quantitative estimate of drug-likeness (QED) is 0.345. The molecule has 1 aromatic carbocycles. The normalized spacial score (nSPS) is 30.3. The molecule has 0 bridgehead atoms. The molecule has 1 aromatic heterocycles. The highest BCUT2D eigenvalue weighted by atomic mass is 32.2. The Hall–Kier alpha value is -2.31. The molecule has 6 atom stereocenters. The highest BCUT2D eigenvalue weighted by Crippen LogP contribution is 2.45. The standard InChI is InChI=1S/C27H39FN6O3S/c1-4-17-13-19(35)7-8-20(17)21-9-10-22-25(24(21)28)32-33-26(22)27-29-14-23(31-27)18-6-5-16(2)34(15-18)12-11-30-38(3,36)37/h6-8,13-14,16,21-22,24-26,30,32-33,35H,4-5,9-12,15H2,1-3H3,(H,29,31)/t16-,21?,22?,24?,25?,26?/m0/s1. The van der Waals surface area contributed by atoms with E-state index in [1.165, 1.54) is 6.26 Å². The Morgan fingerprint density at radius 1 is 1.26 bits per heavy atom. The third-order valence-corrected chi connectivity index (χ3v) is 9.17. The maximum absolute atomic E-state index is 15.9. The number of phenols is 1. The van der Waals surface area contributed by atoms with Gasteiger partial charge in [-0.3, -0.25) is 10.3 Å². The lowest BCUT2D eigenvalue weighted by Crippen LogP contribution is -2.45. The van der Waals surface area contributed by atoms with Gasteiger partial charge in [-0.05, 0) is 61.4 Å². The number of rotatable bonds is 8. The van der Waals surface area contributed by atoms with Crippen molar-refractivity contribution in [3.63, 3.8) is 0 Å². The molecule has 2 aromatic rings. The van der Waals surface area contributed by atoms with Gasteiger partial charge in [-0.2, -0.15) is 0 Å². The number of nitrogens with one attached hydrogen (secondary N) is 4. The van der Waals surface area contributed by atoms with Crippen molar-refractivity contribution >= 4 is 15.6 Å². The Kier molecular flexibility index (Phi) is 7.93. The van der Waals surface area contributed by atoms with Crippen LogP contribution in [0.4, 0.5) is 4.39 Å². The average Bonchev–Trinajstić information content (AvgIpc) is 3.53. The van der Waals surface area contributed by atoms with Crippen molar-refractivity contribution in [3.8, 4) is 5.75 Å². The van der Waals surface area contributed by atoms with Crippen LogP contribution in [-0.2, 0) is 16.4 Å². The summed E-state index contributed by atoms with van der Waals surface area (Å²) in [7, 11) is -3.21. The molecular formula is C27H39FN6O3S. The van der Waals surface area contributed by atoms with E-state index in [-0.39, 0.29) is 29.7 Å². The third-order valence-electron chi connectivity index (χ3n) is 8.44. The first-order valence-corrected chi connectivity index (χ1v) is 15.4. The Balaban J connectivity index is 1.25. The zero-order valence-electron chi connectivity index (χ0n) is 22.2. The molecular weight excluding hydrogens is 507 g/mol. The minimum Gasteiger partial charge on any atom is -0.508 e. The maximum Gasteiger partial charge on any atom is 0.208 e. The molecule has 5 N–H and O–H groups in total. The molecule has 5 rings (SSSR count). The van der Waals surface area contributed by atoms with Crippen LogP contribution in [0.15, 0.2) is 30.5 Å². The topological polar surface area (TPSA) is 122 Å². The molecule has 9 nitrogen and oxygen atoms in total. The summed E-state index contributed by atoms with van der Waals surface area (Å²) >= 11 is 0. The molecule has 3 heterocycles. The summed E-state index contributed by atoms with van der Waals surface area (Å²) in [5.74, 6) is 0.889. The summed E-state index contributed by atoms with van der Waals surface area (Å²) in [6.07, 6.45) is 7.43. The van der Waals surface area contributed by atoms with Gasteiger partial charge in [0, 0.05) is 37.5 Å². The van der Waals surface area contributed by atoms with Crippen LogP contribution in [0.3, 0.4) is 0 Å². The first kappa shape index (κ1) is 27.3. The van der Waals surface area contributed by atoms with Gasteiger partial charge in [-0.1, -0.05) is 19.1 Å². The van der Waals surface area contributed by atoms with E-state index in [1.54, 1.807) is 12.1 Å². The minimum absolute atomic E-state index is 0.0707. The summed E-state index contributed by atoms with van der Waals surface area (Å²) in [6, 6.07) is 5.18. The van der Waals surface area contributed by atoms with E-state index in [1.807, 2.05) is 19.2 Å². The van der Waals surface area contributed by atoms with E-state index >= 15 is 4.39 Å². The third kappa shape index (κ3) is 5.67. The molecule has 0 radical (unpaired) electrons. The molecule has 1 saturated heterocycles. The van der Waals surface area contributed by atoms with Crippen LogP contribution in [-0.4, -0.2) is 72.5 Å². The fourth-order valence-corrected chi connectivity index (χ4v) is 6.80. The van der Waals surface area contributed by atoms with Gasteiger partial charge in [-0.15, -0.1) is 0 Å². The van der Waals surface area contributed by atoms with Crippen molar-refractivity contribution < 1.29 is 17.9 Å². The van der Waals surface area contributed by atoms with E-state index < -0.39 is 16.2 Å². The van der Waals surface area contributed by atoms with Crippen molar-refractivity contribution in [1.29, 1.82) is 0 Å². The Bertz CT molecular complexity index is 1280. The van der Waals surface area contributed by atoms with Gasteiger partial charge in [0.1, 0.15) is 17.7 Å². The lowest BCUT2D eigenvalue weighted by atomic mass is 9.71. The highest BCUT2D eigenvalue weighted by molar-refractivity contribution is 7.88. The molecule has 38 heavy (non-hydrogen) atoms. The van der Waals surface area contributed by atoms with Gasteiger partial charge in [0.2, 0.25) is 10.0 Å². The molecule has 5 unspecified atom stereocenters. The molecule has 0 amide bonds. The predicted molar refractivity (Wildman–Crippen MR) is 146 cm³/mol. The van der Waals surface area contributed by atoms with E-state index in [4.69, 9.17) is 0 Å². The van der Waals surface area contributed by atoms with Gasteiger partial charge in [0.25, 0.3) is 0 Å². The number of H-pyrrole nitrogens is 1. The van der Waals surface area contributed by atoms with Crippen LogP contribution in [0, 0.1) is 5.92 Å². The zero-order valence-corrected chi connectivity index (χ0v) is 23.1. The molecule has 3 aliphatic rings. The van der Waals surface area contributed by atoms with Crippen LogP contribution >= 0.6 is 0 Å². The SMILES string of the molecule is CCc1cc(O)ccc1C1CCC2C(c3ncc(C4=CC[C@H](C)N(CCNS(C)(=O)=O)C4)[nH]3)NNC2C1F. The van der Waals surface area contributed by atoms with Gasteiger partial charge in [-0.25, -0.2) is 27.9 Å². The van der Waals surface area contributed by atoms with Crippen molar-refractivity contribution in [3.05, 3.63) is 53.1 Å². The summed E-state index contributed by atoms with van der Waals surface area (Å²) in [6.45, 7) is 5.89. The fourth-order valence-electron chi connectivity index (χ4n) is 6.34. The van der Waals surface area contributed by atoms with E-state index in [0.717, 1.165) is 53.9 Å². The van der Waals surface area contributed by atoms with Crippen molar-refractivity contribution in [2.24, 2.45) is 5.92 Å². The number of aromatic amines is 1.